The van der Waals surface area contributed by atoms with E-state index >= 15 is 0 Å². The number of rotatable bonds is 11. The molecule has 0 bridgehead atoms. The molecule has 0 saturated carbocycles. The van der Waals surface area contributed by atoms with Gasteiger partial charge in [-0.15, -0.1) is 0 Å². The molecular weight excluding hydrogens is 444 g/mol. The minimum atomic E-state index is -0.819. The predicted octanol–water partition coefficient (Wildman–Crippen LogP) is 1.63. The van der Waals surface area contributed by atoms with Crippen LogP contribution in [-0.2, 0) is 27.2 Å². The molecule has 0 aliphatic rings. The first kappa shape index (κ1) is 24.0. The molecule has 4 aromatic rings. The van der Waals surface area contributed by atoms with Gasteiger partial charge in [0.1, 0.15) is 6.04 Å². The summed E-state index contributed by atoms with van der Waals surface area (Å²) in [7, 11) is 0. The van der Waals surface area contributed by atoms with E-state index in [9.17, 15) is 14.4 Å². The van der Waals surface area contributed by atoms with Crippen LogP contribution in [0.4, 0.5) is 0 Å². The first-order chi connectivity index (χ1) is 16.9. The zero-order chi connectivity index (χ0) is 24.8. The van der Waals surface area contributed by atoms with Crippen molar-refractivity contribution in [1.82, 2.24) is 20.6 Å². The van der Waals surface area contributed by atoms with E-state index in [0.29, 0.717) is 25.8 Å². The van der Waals surface area contributed by atoms with Crippen LogP contribution in [0, 0.1) is 0 Å². The first-order valence-electron chi connectivity index (χ1n) is 11.6. The highest BCUT2D eigenvalue weighted by atomic mass is 16.2. The molecule has 0 fully saturated rings. The van der Waals surface area contributed by atoms with Crippen molar-refractivity contribution in [3.63, 3.8) is 0 Å². The molecule has 0 radical (unpaired) electrons. The lowest BCUT2D eigenvalue weighted by molar-refractivity contribution is -0.127. The zero-order valence-corrected chi connectivity index (χ0v) is 19.3. The summed E-state index contributed by atoms with van der Waals surface area (Å²) >= 11 is 0. The van der Waals surface area contributed by atoms with Crippen molar-refractivity contribution >= 4 is 39.5 Å². The molecule has 182 valence electrons. The fraction of sp³-hybridized carbons (Fsp3) is 0.269. The minimum absolute atomic E-state index is 0.148. The third-order valence-corrected chi connectivity index (χ3v) is 6.11. The van der Waals surface area contributed by atoms with E-state index in [1.807, 2.05) is 60.9 Å². The first-order valence-corrected chi connectivity index (χ1v) is 11.6. The van der Waals surface area contributed by atoms with Gasteiger partial charge in [-0.25, -0.2) is 0 Å². The number of carbonyl (C=O) groups excluding carboxylic acids is 3. The highest BCUT2D eigenvalue weighted by Crippen LogP contribution is 2.20. The Morgan fingerprint density at radius 3 is 2.03 bits per heavy atom. The Labute approximate surface area is 202 Å². The zero-order valence-electron chi connectivity index (χ0n) is 19.3. The number of primary amides is 1. The Balaban J connectivity index is 1.21. The Hall–Kier alpha value is -4.11. The third-order valence-electron chi connectivity index (χ3n) is 6.11. The lowest BCUT2D eigenvalue weighted by Gasteiger charge is -2.16. The van der Waals surface area contributed by atoms with Crippen LogP contribution in [0.25, 0.3) is 21.8 Å². The molecule has 35 heavy (non-hydrogen) atoms. The lowest BCUT2D eigenvalue weighted by Crippen LogP contribution is -2.46. The minimum Gasteiger partial charge on any atom is -0.368 e. The van der Waals surface area contributed by atoms with Gasteiger partial charge in [0.15, 0.2) is 0 Å². The Bertz CT molecular complexity index is 1340. The Morgan fingerprint density at radius 2 is 1.43 bits per heavy atom. The summed E-state index contributed by atoms with van der Waals surface area (Å²) in [6.45, 7) is 0.303. The summed E-state index contributed by atoms with van der Waals surface area (Å²) in [5, 5.41) is 7.52. The van der Waals surface area contributed by atoms with Crippen LogP contribution in [0.5, 0.6) is 0 Å². The summed E-state index contributed by atoms with van der Waals surface area (Å²) in [6, 6.07) is 14.1. The second-order valence-electron chi connectivity index (χ2n) is 8.65. The van der Waals surface area contributed by atoms with Crippen molar-refractivity contribution in [2.24, 2.45) is 11.5 Å². The van der Waals surface area contributed by atoms with E-state index < -0.39 is 18.0 Å². The largest absolute Gasteiger partial charge is 0.368 e. The summed E-state index contributed by atoms with van der Waals surface area (Å²) < 4.78 is 0. The molecule has 9 nitrogen and oxygen atoms in total. The van der Waals surface area contributed by atoms with Crippen molar-refractivity contribution in [1.29, 1.82) is 0 Å². The van der Waals surface area contributed by atoms with Gasteiger partial charge in [-0.05, 0) is 36.1 Å². The molecule has 0 saturated heterocycles. The van der Waals surface area contributed by atoms with E-state index in [1.165, 1.54) is 0 Å². The topological polar surface area (TPSA) is 159 Å². The van der Waals surface area contributed by atoms with Crippen molar-refractivity contribution in [3.05, 3.63) is 72.1 Å². The highest BCUT2D eigenvalue weighted by Gasteiger charge is 2.20. The molecule has 4 rings (SSSR count). The van der Waals surface area contributed by atoms with Crippen LogP contribution in [0.15, 0.2) is 60.9 Å². The molecule has 0 spiro atoms. The van der Waals surface area contributed by atoms with E-state index in [4.69, 9.17) is 11.5 Å². The van der Waals surface area contributed by atoms with Gasteiger partial charge >= 0.3 is 0 Å². The number of hydrogen-bond donors (Lipinski definition) is 6. The molecule has 0 aliphatic carbocycles. The van der Waals surface area contributed by atoms with Crippen LogP contribution >= 0.6 is 0 Å². The monoisotopic (exact) mass is 474 g/mol. The van der Waals surface area contributed by atoms with E-state index in [-0.39, 0.29) is 18.2 Å². The maximum absolute atomic E-state index is 12.4. The number of nitrogens with one attached hydrogen (secondary N) is 4. The third kappa shape index (κ3) is 5.88. The number of carbonyl (C=O) groups is 3. The number of nitrogens with two attached hydrogens (primary N) is 2. The SMILES string of the molecule is NC(=O)[C@@H](Cc1c[nH]c2ccccc12)NC(=O)CCCNC(=O)[C@@H](N)Cc1c[nH]c2ccccc12. The highest BCUT2D eigenvalue weighted by molar-refractivity contribution is 5.89. The van der Waals surface area contributed by atoms with E-state index in [2.05, 4.69) is 20.6 Å². The van der Waals surface area contributed by atoms with Crippen molar-refractivity contribution in [2.45, 2.75) is 37.8 Å². The predicted molar refractivity (Wildman–Crippen MR) is 135 cm³/mol. The van der Waals surface area contributed by atoms with Gasteiger partial charge in [0.2, 0.25) is 17.7 Å². The fourth-order valence-electron chi connectivity index (χ4n) is 4.23. The summed E-state index contributed by atoms with van der Waals surface area (Å²) in [4.78, 5) is 43.0. The Morgan fingerprint density at radius 1 is 0.857 bits per heavy atom. The summed E-state index contributed by atoms with van der Waals surface area (Å²) in [5.41, 5.74) is 15.5. The van der Waals surface area contributed by atoms with Crippen LogP contribution in [-0.4, -0.2) is 46.3 Å². The lowest BCUT2D eigenvalue weighted by atomic mass is 10.0. The molecule has 9 heteroatoms. The fourth-order valence-corrected chi connectivity index (χ4v) is 4.23. The average Bonchev–Trinajstić information content (AvgIpc) is 3.45. The number of aromatic nitrogens is 2. The quantitative estimate of drug-likeness (QED) is 0.182. The normalized spacial score (nSPS) is 12.9. The number of fused-ring (bicyclic) bond motifs is 2. The number of amides is 3. The molecular formula is C26H30N6O3. The number of aromatic amines is 2. The van der Waals surface area contributed by atoms with Gasteiger partial charge in [-0.2, -0.15) is 0 Å². The van der Waals surface area contributed by atoms with Gasteiger partial charge in [-0.3, -0.25) is 14.4 Å². The standard InChI is InChI=1S/C26H30N6O3/c27-20(12-16-14-30-21-8-3-1-6-18(16)21)26(35)29-11-5-10-24(33)32-23(25(28)34)13-17-15-31-22-9-4-2-7-19(17)22/h1-4,6-9,14-15,20,23,30-31H,5,10-13,27H2,(H2,28,34)(H,29,35)(H,32,33)/t20-,23+/m0/s1. The smallest absolute Gasteiger partial charge is 0.240 e. The molecule has 0 unspecified atom stereocenters. The van der Waals surface area contributed by atoms with Crippen molar-refractivity contribution in [2.75, 3.05) is 6.54 Å². The average molecular weight is 475 g/mol. The molecule has 2 heterocycles. The number of hydrogen-bond acceptors (Lipinski definition) is 4. The van der Waals surface area contributed by atoms with Gasteiger partial charge in [0.25, 0.3) is 0 Å². The maximum Gasteiger partial charge on any atom is 0.240 e. The summed E-state index contributed by atoms with van der Waals surface area (Å²) in [5.74, 6) is -1.17. The Kier molecular flexibility index (Phi) is 7.47. The van der Waals surface area contributed by atoms with Crippen molar-refractivity contribution < 1.29 is 14.4 Å². The van der Waals surface area contributed by atoms with E-state index in [1.54, 1.807) is 0 Å². The number of para-hydroxylation sites is 2. The van der Waals surface area contributed by atoms with Crippen molar-refractivity contribution in [3.8, 4) is 0 Å². The molecule has 0 aliphatic heterocycles. The van der Waals surface area contributed by atoms with Gasteiger partial charge in [-0.1, -0.05) is 36.4 Å². The summed E-state index contributed by atoms with van der Waals surface area (Å²) in [6.07, 6.45) is 4.95. The van der Waals surface area contributed by atoms with Crippen LogP contribution in [0.1, 0.15) is 24.0 Å². The van der Waals surface area contributed by atoms with Crippen LogP contribution in [0.2, 0.25) is 0 Å². The van der Waals surface area contributed by atoms with Gasteiger partial charge in [0, 0.05) is 53.6 Å². The molecule has 8 N–H and O–H groups in total. The maximum atomic E-state index is 12.4. The molecule has 2 aromatic heterocycles. The molecule has 3 amide bonds. The second-order valence-corrected chi connectivity index (χ2v) is 8.65. The number of benzene rings is 2. The van der Waals surface area contributed by atoms with Gasteiger partial charge < -0.3 is 32.1 Å². The van der Waals surface area contributed by atoms with Gasteiger partial charge in [0.05, 0.1) is 6.04 Å². The number of H-pyrrole nitrogens is 2. The van der Waals surface area contributed by atoms with E-state index in [0.717, 1.165) is 32.9 Å². The molecule has 2 aromatic carbocycles. The van der Waals surface area contributed by atoms with Crippen LogP contribution < -0.4 is 22.1 Å². The van der Waals surface area contributed by atoms with Crippen LogP contribution in [0.3, 0.4) is 0 Å². The second kappa shape index (κ2) is 10.9. The molecule has 2 atom stereocenters.